The number of aryl methyl sites for hydroxylation is 1. The summed E-state index contributed by atoms with van der Waals surface area (Å²) in [5, 5.41) is 4.69. The highest BCUT2D eigenvalue weighted by Crippen LogP contribution is 2.55. The zero-order valence-corrected chi connectivity index (χ0v) is 27.0. The molecule has 240 valence electrons. The van der Waals surface area contributed by atoms with E-state index in [0.29, 0.717) is 35.8 Å². The Morgan fingerprint density at radius 3 is 2.26 bits per heavy atom. The molecule has 0 atom stereocenters. The van der Waals surface area contributed by atoms with Crippen molar-refractivity contribution < 1.29 is 35.7 Å². The average molecular weight is 670 g/mol. The molecule has 2 aromatic heterocycles. The number of phosphoric acid groups is 1. The van der Waals surface area contributed by atoms with E-state index >= 15 is 0 Å². The van der Waals surface area contributed by atoms with Crippen molar-refractivity contribution in [2.75, 3.05) is 0 Å². The minimum absolute atomic E-state index is 0.0966. The van der Waals surface area contributed by atoms with Gasteiger partial charge in [-0.15, -0.1) is 0 Å². The van der Waals surface area contributed by atoms with Gasteiger partial charge in [0.05, 0.1) is 25.4 Å². The maximum Gasteiger partial charge on any atom is 0.475 e. The SMILES string of the molecule is Cc1cc(-c2nc(-c3ccc(SC(F)(F)F)cc3)co2)nn1Cc1cccc(CC(C)(C)OP2(=O)OCc3ccccc3CO2)c1. The largest absolute Gasteiger partial charge is 0.475 e. The molecular weight excluding hydrogens is 638 g/mol. The van der Waals surface area contributed by atoms with Crippen LogP contribution in [0.2, 0.25) is 0 Å². The second-order valence-corrected chi connectivity index (χ2v) is 14.3. The summed E-state index contributed by atoms with van der Waals surface area (Å²) in [7, 11) is -3.80. The average Bonchev–Trinajstić information content (AvgIpc) is 3.58. The van der Waals surface area contributed by atoms with E-state index in [9.17, 15) is 17.7 Å². The molecule has 0 aliphatic carbocycles. The second-order valence-electron chi connectivity index (χ2n) is 11.5. The lowest BCUT2D eigenvalue weighted by molar-refractivity contribution is -0.0328. The Kier molecular flexibility index (Phi) is 9.02. The van der Waals surface area contributed by atoms with Gasteiger partial charge in [0.25, 0.3) is 0 Å². The van der Waals surface area contributed by atoms with E-state index < -0.39 is 18.9 Å². The van der Waals surface area contributed by atoms with Gasteiger partial charge in [0.15, 0.2) is 0 Å². The number of benzene rings is 3. The first kappa shape index (κ1) is 32.3. The number of phosphoric ester groups is 1. The molecule has 0 N–H and O–H groups in total. The molecular formula is C33H31F3N3O5PS. The van der Waals surface area contributed by atoms with Crippen molar-refractivity contribution in [1.82, 2.24) is 14.8 Å². The molecule has 0 unspecified atom stereocenters. The first-order valence-electron chi connectivity index (χ1n) is 14.4. The number of hydrogen-bond acceptors (Lipinski definition) is 8. The molecule has 0 bridgehead atoms. The predicted molar refractivity (Wildman–Crippen MR) is 168 cm³/mol. The van der Waals surface area contributed by atoms with Crippen LogP contribution in [0.1, 0.15) is 41.8 Å². The van der Waals surface area contributed by atoms with Crippen LogP contribution in [0.5, 0.6) is 0 Å². The van der Waals surface area contributed by atoms with Crippen molar-refractivity contribution in [2.45, 2.75) is 63.0 Å². The third-order valence-electron chi connectivity index (χ3n) is 7.28. The van der Waals surface area contributed by atoms with Crippen molar-refractivity contribution in [1.29, 1.82) is 0 Å². The number of alkyl halides is 3. The lowest BCUT2D eigenvalue weighted by Crippen LogP contribution is -2.27. The Balaban J connectivity index is 1.10. The minimum Gasteiger partial charge on any atom is -0.443 e. The van der Waals surface area contributed by atoms with E-state index in [2.05, 4.69) is 11.1 Å². The van der Waals surface area contributed by atoms with Gasteiger partial charge in [-0.05, 0) is 73.0 Å². The topological polar surface area (TPSA) is 88.6 Å². The predicted octanol–water partition coefficient (Wildman–Crippen LogP) is 9.37. The number of nitrogens with zero attached hydrogens (tertiary/aromatic N) is 3. The van der Waals surface area contributed by atoms with Crippen LogP contribution in [-0.2, 0) is 44.3 Å². The maximum atomic E-state index is 13.4. The smallest absolute Gasteiger partial charge is 0.443 e. The molecule has 1 aliphatic heterocycles. The second kappa shape index (κ2) is 12.8. The van der Waals surface area contributed by atoms with E-state index in [0.717, 1.165) is 27.9 Å². The quantitative estimate of drug-likeness (QED) is 0.113. The zero-order valence-electron chi connectivity index (χ0n) is 25.3. The number of thioether (sulfide) groups is 1. The van der Waals surface area contributed by atoms with Gasteiger partial charge in [0.2, 0.25) is 5.89 Å². The van der Waals surface area contributed by atoms with Crippen LogP contribution in [0.25, 0.3) is 22.8 Å². The molecule has 0 saturated carbocycles. The van der Waals surface area contributed by atoms with Crippen molar-refractivity contribution >= 4 is 19.6 Å². The van der Waals surface area contributed by atoms with Gasteiger partial charge in [0.1, 0.15) is 17.7 Å². The number of aromatic nitrogens is 3. The number of oxazole rings is 1. The molecule has 3 aromatic carbocycles. The standard InChI is InChI=1S/C33H31F3N3O5PS/c1-22-15-29(31-37-30(21-41-31)25-11-13-28(14-12-25)46-33(34,35)36)38-39(22)18-24-8-6-7-23(16-24)17-32(2,3)44-45(40)42-19-26-9-4-5-10-27(26)20-43-45/h4-16,21H,17-20H2,1-3H3. The Morgan fingerprint density at radius 1 is 0.913 bits per heavy atom. The first-order valence-corrected chi connectivity index (χ1v) is 16.7. The van der Waals surface area contributed by atoms with Crippen LogP contribution in [-0.4, -0.2) is 25.9 Å². The number of hydrogen-bond donors (Lipinski definition) is 0. The first-order chi connectivity index (χ1) is 21.8. The Morgan fingerprint density at radius 2 is 1.59 bits per heavy atom. The number of halogens is 3. The van der Waals surface area contributed by atoms with Crippen molar-refractivity contribution in [3.63, 3.8) is 0 Å². The van der Waals surface area contributed by atoms with E-state index in [1.807, 2.05) is 74.0 Å². The summed E-state index contributed by atoms with van der Waals surface area (Å²) in [4.78, 5) is 4.61. The van der Waals surface area contributed by atoms with Crippen LogP contribution in [0.4, 0.5) is 13.2 Å². The van der Waals surface area contributed by atoms with Crippen LogP contribution in [0.15, 0.2) is 94.4 Å². The molecule has 3 heterocycles. The maximum absolute atomic E-state index is 13.4. The molecule has 0 amide bonds. The summed E-state index contributed by atoms with van der Waals surface area (Å²) in [5.74, 6) is 0.305. The summed E-state index contributed by atoms with van der Waals surface area (Å²) in [6.45, 7) is 6.42. The lowest BCUT2D eigenvalue weighted by atomic mass is 9.97. The lowest BCUT2D eigenvalue weighted by Gasteiger charge is -2.29. The molecule has 8 nitrogen and oxygen atoms in total. The van der Waals surface area contributed by atoms with E-state index in [-0.39, 0.29) is 29.9 Å². The summed E-state index contributed by atoms with van der Waals surface area (Å²) in [6.07, 6.45) is 1.92. The van der Waals surface area contributed by atoms with Crippen molar-refractivity contribution in [3.8, 4) is 22.8 Å². The van der Waals surface area contributed by atoms with Crippen LogP contribution in [0.3, 0.4) is 0 Å². The van der Waals surface area contributed by atoms with Crippen LogP contribution in [0, 0.1) is 6.92 Å². The van der Waals surface area contributed by atoms with Crippen LogP contribution < -0.4 is 0 Å². The van der Waals surface area contributed by atoms with Gasteiger partial charge in [0, 0.05) is 22.6 Å². The van der Waals surface area contributed by atoms with E-state index in [1.165, 1.54) is 18.4 Å². The van der Waals surface area contributed by atoms with Crippen molar-refractivity contribution in [2.24, 2.45) is 0 Å². The fraction of sp³-hybridized carbons (Fsp3) is 0.273. The molecule has 13 heteroatoms. The van der Waals surface area contributed by atoms with Gasteiger partial charge >= 0.3 is 13.3 Å². The molecule has 5 aromatic rings. The molecule has 0 saturated heterocycles. The summed E-state index contributed by atoms with van der Waals surface area (Å²) >= 11 is -0.164. The van der Waals surface area contributed by atoms with E-state index in [4.69, 9.17) is 23.1 Å². The van der Waals surface area contributed by atoms with Gasteiger partial charge in [-0.2, -0.15) is 18.3 Å². The van der Waals surface area contributed by atoms with Gasteiger partial charge < -0.3 is 4.42 Å². The molecule has 6 rings (SSSR count). The monoisotopic (exact) mass is 669 g/mol. The summed E-state index contributed by atoms with van der Waals surface area (Å²) in [5.41, 5.74) is 1.18. The normalized spacial score (nSPS) is 15.0. The van der Waals surface area contributed by atoms with Crippen molar-refractivity contribution in [3.05, 3.63) is 113 Å². The highest BCUT2D eigenvalue weighted by molar-refractivity contribution is 8.00. The Hall–Kier alpha value is -3.67. The Bertz CT molecular complexity index is 1860. The highest BCUT2D eigenvalue weighted by Gasteiger charge is 2.37. The van der Waals surface area contributed by atoms with Gasteiger partial charge in [-0.25, -0.2) is 9.55 Å². The highest BCUT2D eigenvalue weighted by atomic mass is 32.2. The van der Waals surface area contributed by atoms with E-state index in [1.54, 1.807) is 12.1 Å². The Labute approximate surface area is 268 Å². The third kappa shape index (κ3) is 8.00. The molecule has 46 heavy (non-hydrogen) atoms. The molecule has 0 radical (unpaired) electrons. The number of rotatable bonds is 9. The van der Waals surface area contributed by atoms with Gasteiger partial charge in [-0.3, -0.25) is 18.3 Å². The molecule has 0 spiro atoms. The molecule has 1 aliphatic rings. The zero-order chi connectivity index (χ0) is 32.5. The number of fused-ring (bicyclic) bond motifs is 1. The fourth-order valence-electron chi connectivity index (χ4n) is 5.19. The summed E-state index contributed by atoms with van der Waals surface area (Å²) in [6, 6.07) is 23.5. The third-order valence-corrected chi connectivity index (χ3v) is 9.62. The molecule has 0 fully saturated rings. The van der Waals surface area contributed by atoms with Gasteiger partial charge in [-0.1, -0.05) is 60.7 Å². The van der Waals surface area contributed by atoms with Crippen LogP contribution >= 0.6 is 19.6 Å². The minimum atomic E-state index is -4.35. The summed E-state index contributed by atoms with van der Waals surface area (Å²) < 4.78 is 76.2. The fourth-order valence-corrected chi connectivity index (χ4v) is 7.17.